The summed E-state index contributed by atoms with van der Waals surface area (Å²) in [5.74, 6) is 1.49. The molecule has 0 aliphatic rings. The number of halogens is 1. The lowest BCUT2D eigenvalue weighted by atomic mass is 10.1. The average molecular weight is 342 g/mol. The molecule has 4 heteroatoms. The third-order valence-corrected chi connectivity index (χ3v) is 4.91. The van der Waals surface area contributed by atoms with E-state index in [4.69, 9.17) is 16.3 Å². The molecule has 0 N–H and O–H groups in total. The second kappa shape index (κ2) is 7.53. The Morgan fingerprint density at radius 2 is 1.74 bits per heavy atom. The molecule has 0 bridgehead atoms. The third kappa shape index (κ3) is 3.87. The monoisotopic (exact) mass is 341 g/mol. The summed E-state index contributed by atoms with van der Waals surface area (Å²) in [6.45, 7) is 0. The van der Waals surface area contributed by atoms with Gasteiger partial charge in [-0.3, -0.25) is 0 Å². The van der Waals surface area contributed by atoms with Crippen LogP contribution in [0.2, 0.25) is 5.02 Å². The van der Waals surface area contributed by atoms with Gasteiger partial charge in [-0.05, 0) is 11.6 Å². The van der Waals surface area contributed by atoms with E-state index < -0.39 is 0 Å². The van der Waals surface area contributed by atoms with Crippen LogP contribution in [-0.4, -0.2) is 12.1 Å². The fourth-order valence-electron chi connectivity index (χ4n) is 2.27. The van der Waals surface area contributed by atoms with Crippen molar-refractivity contribution in [3.63, 3.8) is 0 Å². The van der Waals surface area contributed by atoms with Crippen LogP contribution in [0.4, 0.5) is 0 Å². The van der Waals surface area contributed by atoms with Gasteiger partial charge in [0.1, 0.15) is 0 Å². The summed E-state index contributed by atoms with van der Waals surface area (Å²) in [7, 11) is 1.63. The van der Waals surface area contributed by atoms with Gasteiger partial charge >= 0.3 is 0 Å². The van der Waals surface area contributed by atoms with Crippen LogP contribution < -0.4 is 4.74 Å². The van der Waals surface area contributed by atoms with Crippen LogP contribution in [0.1, 0.15) is 5.56 Å². The third-order valence-electron chi connectivity index (χ3n) is 3.45. The van der Waals surface area contributed by atoms with E-state index in [1.165, 1.54) is 5.56 Å². The number of aromatic nitrogens is 1. The number of hydrogen-bond acceptors (Lipinski definition) is 3. The maximum atomic E-state index is 6.35. The van der Waals surface area contributed by atoms with E-state index >= 15 is 0 Å². The molecule has 1 aromatic heterocycles. The minimum atomic E-state index is 0.608. The van der Waals surface area contributed by atoms with E-state index in [2.05, 4.69) is 29.2 Å². The zero-order chi connectivity index (χ0) is 16.1. The molecule has 0 unspecified atom stereocenters. The minimum Gasteiger partial charge on any atom is -0.481 e. The summed E-state index contributed by atoms with van der Waals surface area (Å²) < 4.78 is 5.27. The van der Waals surface area contributed by atoms with Gasteiger partial charge in [-0.2, -0.15) is 0 Å². The lowest BCUT2D eigenvalue weighted by Crippen LogP contribution is -1.92. The number of rotatable bonds is 5. The molecule has 2 aromatic carbocycles. The van der Waals surface area contributed by atoms with E-state index in [1.807, 2.05) is 42.6 Å². The minimum absolute atomic E-state index is 0.608. The van der Waals surface area contributed by atoms with Crippen LogP contribution >= 0.6 is 23.4 Å². The first kappa shape index (κ1) is 15.9. The number of hydrogen-bond donors (Lipinski definition) is 0. The van der Waals surface area contributed by atoms with Crippen LogP contribution in [0.5, 0.6) is 5.88 Å². The van der Waals surface area contributed by atoms with Gasteiger partial charge in [-0.25, -0.2) is 4.98 Å². The van der Waals surface area contributed by atoms with Crippen molar-refractivity contribution in [3.05, 3.63) is 77.4 Å². The Balaban J connectivity index is 1.95. The van der Waals surface area contributed by atoms with E-state index in [0.29, 0.717) is 5.88 Å². The number of benzene rings is 2. The zero-order valence-corrected chi connectivity index (χ0v) is 14.3. The molecule has 0 aliphatic carbocycles. The van der Waals surface area contributed by atoms with Crippen LogP contribution in [0, 0.1) is 0 Å². The summed E-state index contributed by atoms with van der Waals surface area (Å²) in [5.41, 5.74) is 3.29. The van der Waals surface area contributed by atoms with Gasteiger partial charge in [0.25, 0.3) is 0 Å². The quantitative estimate of drug-likeness (QED) is 0.555. The van der Waals surface area contributed by atoms with Crippen molar-refractivity contribution >= 4 is 23.4 Å². The van der Waals surface area contributed by atoms with Crippen molar-refractivity contribution in [2.45, 2.75) is 10.6 Å². The van der Waals surface area contributed by atoms with Crippen LogP contribution in [0.3, 0.4) is 0 Å². The van der Waals surface area contributed by atoms with Crippen molar-refractivity contribution in [2.75, 3.05) is 7.11 Å². The van der Waals surface area contributed by atoms with Gasteiger partial charge in [0, 0.05) is 39.1 Å². The Morgan fingerprint density at radius 1 is 1.00 bits per heavy atom. The van der Waals surface area contributed by atoms with Crippen molar-refractivity contribution in [3.8, 4) is 17.0 Å². The normalized spacial score (nSPS) is 10.5. The van der Waals surface area contributed by atoms with Crippen molar-refractivity contribution in [2.24, 2.45) is 0 Å². The highest BCUT2D eigenvalue weighted by molar-refractivity contribution is 7.98. The van der Waals surface area contributed by atoms with Gasteiger partial charge in [0.15, 0.2) is 0 Å². The molecule has 2 nitrogen and oxygen atoms in total. The first-order chi connectivity index (χ1) is 11.3. The van der Waals surface area contributed by atoms with Crippen molar-refractivity contribution < 1.29 is 4.74 Å². The highest BCUT2D eigenvalue weighted by Gasteiger charge is 2.11. The number of nitrogens with zero attached hydrogens (tertiary/aromatic N) is 1. The molecule has 3 rings (SSSR count). The molecule has 0 aliphatic heterocycles. The molecule has 23 heavy (non-hydrogen) atoms. The van der Waals surface area contributed by atoms with Crippen LogP contribution in [-0.2, 0) is 5.75 Å². The van der Waals surface area contributed by atoms with Gasteiger partial charge in [0.05, 0.1) is 7.11 Å². The lowest BCUT2D eigenvalue weighted by Gasteiger charge is -2.12. The molecular formula is C19H16ClNOS. The zero-order valence-electron chi connectivity index (χ0n) is 12.7. The Bertz CT molecular complexity index is 792. The molecule has 116 valence electrons. The smallest absolute Gasteiger partial charge is 0.214 e. The van der Waals surface area contributed by atoms with Gasteiger partial charge in [-0.1, -0.05) is 60.1 Å². The standard InChI is InChI=1S/C19H16ClNOS/c1-22-19-11-18(23-13-14-7-3-2-4-8-14)16(12-21-19)15-9-5-6-10-17(15)20/h2-12H,13H2,1H3. The summed E-state index contributed by atoms with van der Waals surface area (Å²) in [4.78, 5) is 5.44. The maximum absolute atomic E-state index is 6.35. The maximum Gasteiger partial charge on any atom is 0.214 e. The average Bonchev–Trinajstić information content (AvgIpc) is 2.61. The van der Waals surface area contributed by atoms with Gasteiger partial charge < -0.3 is 4.74 Å². The topological polar surface area (TPSA) is 22.1 Å². The molecular weight excluding hydrogens is 326 g/mol. The highest BCUT2D eigenvalue weighted by Crippen LogP contribution is 2.37. The van der Waals surface area contributed by atoms with Gasteiger partial charge in [0.2, 0.25) is 5.88 Å². The predicted octanol–water partition coefficient (Wildman–Crippen LogP) is 5.70. The molecule has 0 atom stereocenters. The summed E-state index contributed by atoms with van der Waals surface area (Å²) in [5, 5.41) is 0.723. The van der Waals surface area contributed by atoms with Gasteiger partial charge in [-0.15, -0.1) is 11.8 Å². The number of thioether (sulfide) groups is 1. The second-order valence-electron chi connectivity index (χ2n) is 4.98. The molecule has 1 heterocycles. The first-order valence-corrected chi connectivity index (χ1v) is 8.60. The SMILES string of the molecule is COc1cc(SCc2ccccc2)c(-c2ccccc2Cl)cn1. The Kier molecular flexibility index (Phi) is 5.21. The Morgan fingerprint density at radius 3 is 2.48 bits per heavy atom. The largest absolute Gasteiger partial charge is 0.481 e. The molecule has 0 saturated heterocycles. The van der Waals surface area contributed by atoms with Crippen LogP contribution in [0.15, 0.2) is 71.8 Å². The first-order valence-electron chi connectivity index (χ1n) is 7.23. The molecule has 0 radical (unpaired) electrons. The van der Waals surface area contributed by atoms with Crippen molar-refractivity contribution in [1.29, 1.82) is 0 Å². The molecule has 0 saturated carbocycles. The van der Waals surface area contributed by atoms with Crippen molar-refractivity contribution in [1.82, 2.24) is 4.98 Å². The van der Waals surface area contributed by atoms with E-state index in [1.54, 1.807) is 18.9 Å². The van der Waals surface area contributed by atoms with Crippen LogP contribution in [0.25, 0.3) is 11.1 Å². The molecule has 0 amide bonds. The Hall–Kier alpha value is -1.97. The number of ether oxygens (including phenoxy) is 1. The summed E-state index contributed by atoms with van der Waals surface area (Å²) in [6.07, 6.45) is 1.83. The molecule has 3 aromatic rings. The summed E-state index contributed by atoms with van der Waals surface area (Å²) >= 11 is 8.11. The molecule has 0 fully saturated rings. The Labute approximate surface area is 145 Å². The fourth-order valence-corrected chi connectivity index (χ4v) is 3.52. The summed E-state index contributed by atoms with van der Waals surface area (Å²) in [6, 6.07) is 20.2. The predicted molar refractivity (Wildman–Crippen MR) is 97.2 cm³/mol. The highest BCUT2D eigenvalue weighted by atomic mass is 35.5. The van der Waals surface area contributed by atoms with E-state index in [0.717, 1.165) is 26.8 Å². The van der Waals surface area contributed by atoms with E-state index in [9.17, 15) is 0 Å². The fraction of sp³-hybridized carbons (Fsp3) is 0.105. The van der Waals surface area contributed by atoms with E-state index in [-0.39, 0.29) is 0 Å². The molecule has 0 spiro atoms. The second-order valence-corrected chi connectivity index (χ2v) is 6.40. The number of methoxy groups -OCH3 is 1. The number of pyridine rings is 1. The lowest BCUT2D eigenvalue weighted by molar-refractivity contribution is 0.397.